The predicted molar refractivity (Wildman–Crippen MR) is 56.5 cm³/mol. The van der Waals surface area contributed by atoms with Crippen LogP contribution in [0.25, 0.3) is 10.8 Å². The Morgan fingerprint density at radius 3 is 2.69 bits per heavy atom. The van der Waals surface area contributed by atoms with Crippen molar-refractivity contribution in [1.82, 2.24) is 4.98 Å². The number of pyridine rings is 1. The maximum absolute atomic E-state index is 5.93. The van der Waals surface area contributed by atoms with Crippen LogP contribution >= 0.6 is 23.2 Å². The molecule has 1 aromatic carbocycles. The Balaban J connectivity index is 2.92. The molecule has 66 valence electrons. The van der Waals surface area contributed by atoms with Gasteiger partial charge in [-0.2, -0.15) is 0 Å². The highest BCUT2D eigenvalue weighted by Gasteiger charge is 2.02. The number of benzene rings is 1. The molecule has 1 nitrogen and oxygen atoms in total. The molecule has 0 saturated carbocycles. The fourth-order valence-corrected chi connectivity index (χ4v) is 1.70. The van der Waals surface area contributed by atoms with Crippen LogP contribution in [-0.2, 0) is 0 Å². The second kappa shape index (κ2) is 3.17. The van der Waals surface area contributed by atoms with Crippen molar-refractivity contribution in [3.8, 4) is 0 Å². The average molecular weight is 212 g/mol. The first-order valence-corrected chi connectivity index (χ1v) is 4.64. The highest BCUT2D eigenvalue weighted by molar-refractivity contribution is 6.36. The molecule has 2 aromatic rings. The Hall–Kier alpha value is -0.790. The summed E-state index contributed by atoms with van der Waals surface area (Å²) in [6.07, 6.45) is 1.76. The van der Waals surface area contributed by atoms with Crippen molar-refractivity contribution in [2.24, 2.45) is 0 Å². The summed E-state index contributed by atoms with van der Waals surface area (Å²) in [5, 5.41) is 3.20. The summed E-state index contributed by atoms with van der Waals surface area (Å²) in [4.78, 5) is 4.05. The standard InChI is InChI=1S/C10H7Cl2N/c1-6-5-13-10(12)9-4-7(11)2-3-8(6)9/h2-5H,1H3. The predicted octanol–water partition coefficient (Wildman–Crippen LogP) is 3.85. The van der Waals surface area contributed by atoms with Gasteiger partial charge in [0.25, 0.3) is 0 Å². The van der Waals surface area contributed by atoms with E-state index in [1.807, 2.05) is 25.1 Å². The van der Waals surface area contributed by atoms with E-state index in [2.05, 4.69) is 4.98 Å². The van der Waals surface area contributed by atoms with E-state index in [1.165, 1.54) is 0 Å². The second-order valence-electron chi connectivity index (χ2n) is 2.92. The van der Waals surface area contributed by atoms with Gasteiger partial charge in [-0.3, -0.25) is 0 Å². The van der Waals surface area contributed by atoms with E-state index in [4.69, 9.17) is 23.2 Å². The summed E-state index contributed by atoms with van der Waals surface area (Å²) in [7, 11) is 0. The zero-order valence-corrected chi connectivity index (χ0v) is 8.52. The van der Waals surface area contributed by atoms with Gasteiger partial charge in [0.2, 0.25) is 0 Å². The molecule has 0 spiro atoms. The third kappa shape index (κ3) is 1.50. The van der Waals surface area contributed by atoms with Crippen LogP contribution in [0.1, 0.15) is 5.56 Å². The number of halogens is 2. The molecule has 0 N–H and O–H groups in total. The van der Waals surface area contributed by atoms with Crippen molar-refractivity contribution in [3.63, 3.8) is 0 Å². The van der Waals surface area contributed by atoms with E-state index < -0.39 is 0 Å². The maximum Gasteiger partial charge on any atom is 0.136 e. The van der Waals surface area contributed by atoms with Gasteiger partial charge in [0.05, 0.1) is 0 Å². The lowest BCUT2D eigenvalue weighted by molar-refractivity contribution is 1.31. The van der Waals surface area contributed by atoms with Crippen LogP contribution in [-0.4, -0.2) is 4.98 Å². The third-order valence-electron chi connectivity index (χ3n) is 2.00. The van der Waals surface area contributed by atoms with Crippen molar-refractivity contribution in [2.75, 3.05) is 0 Å². The number of aromatic nitrogens is 1. The first kappa shape index (κ1) is 8.79. The van der Waals surface area contributed by atoms with Crippen LogP contribution in [0.2, 0.25) is 10.2 Å². The zero-order valence-electron chi connectivity index (χ0n) is 7.01. The Bertz CT molecular complexity index is 466. The van der Waals surface area contributed by atoms with Crippen molar-refractivity contribution < 1.29 is 0 Å². The summed E-state index contributed by atoms with van der Waals surface area (Å²) in [5.41, 5.74) is 1.11. The largest absolute Gasteiger partial charge is 0.244 e. The maximum atomic E-state index is 5.93. The van der Waals surface area contributed by atoms with Crippen LogP contribution in [0.15, 0.2) is 24.4 Å². The Morgan fingerprint density at radius 1 is 1.15 bits per heavy atom. The van der Waals surface area contributed by atoms with Gasteiger partial charge in [-0.1, -0.05) is 29.3 Å². The molecule has 0 aliphatic carbocycles. The van der Waals surface area contributed by atoms with Crippen molar-refractivity contribution in [3.05, 3.63) is 40.1 Å². The van der Waals surface area contributed by atoms with Crippen molar-refractivity contribution >= 4 is 34.0 Å². The molecule has 0 aliphatic rings. The van der Waals surface area contributed by atoms with Crippen molar-refractivity contribution in [2.45, 2.75) is 6.92 Å². The minimum absolute atomic E-state index is 0.503. The van der Waals surface area contributed by atoms with Gasteiger partial charge >= 0.3 is 0 Å². The molecule has 1 aromatic heterocycles. The highest BCUT2D eigenvalue weighted by atomic mass is 35.5. The van der Waals surface area contributed by atoms with E-state index >= 15 is 0 Å². The van der Waals surface area contributed by atoms with Gasteiger partial charge in [0.15, 0.2) is 0 Å². The summed E-state index contributed by atoms with van der Waals surface area (Å²) >= 11 is 11.8. The van der Waals surface area contributed by atoms with E-state index in [-0.39, 0.29) is 0 Å². The summed E-state index contributed by atoms with van der Waals surface area (Å²) < 4.78 is 0. The highest BCUT2D eigenvalue weighted by Crippen LogP contribution is 2.26. The Labute approximate surface area is 86.3 Å². The zero-order chi connectivity index (χ0) is 9.42. The molecule has 0 bridgehead atoms. The average Bonchev–Trinajstić information content (AvgIpc) is 2.12. The molecule has 13 heavy (non-hydrogen) atoms. The lowest BCUT2D eigenvalue weighted by atomic mass is 10.1. The van der Waals surface area contributed by atoms with Gasteiger partial charge in [-0.05, 0) is 30.0 Å². The lowest BCUT2D eigenvalue weighted by Gasteiger charge is -2.03. The molecule has 0 unspecified atom stereocenters. The SMILES string of the molecule is Cc1cnc(Cl)c2cc(Cl)ccc12. The molecule has 0 radical (unpaired) electrons. The normalized spacial score (nSPS) is 10.7. The molecule has 0 amide bonds. The van der Waals surface area contributed by atoms with Gasteiger partial charge < -0.3 is 0 Å². The van der Waals surface area contributed by atoms with Crippen LogP contribution in [0, 0.1) is 6.92 Å². The molecular formula is C10H7Cl2N. The minimum atomic E-state index is 0.503. The van der Waals surface area contributed by atoms with Gasteiger partial charge in [-0.15, -0.1) is 0 Å². The first-order valence-electron chi connectivity index (χ1n) is 3.89. The summed E-state index contributed by atoms with van der Waals surface area (Å²) in [6.45, 7) is 2.00. The first-order chi connectivity index (χ1) is 6.18. The number of aryl methyl sites for hydroxylation is 1. The van der Waals surface area contributed by atoms with Crippen LogP contribution in [0.3, 0.4) is 0 Å². The number of nitrogens with zero attached hydrogens (tertiary/aromatic N) is 1. The quantitative estimate of drug-likeness (QED) is 0.604. The topological polar surface area (TPSA) is 12.9 Å². The Kier molecular flexibility index (Phi) is 2.14. The van der Waals surface area contributed by atoms with E-state index in [1.54, 1.807) is 6.20 Å². The molecule has 2 rings (SSSR count). The van der Waals surface area contributed by atoms with E-state index in [0.717, 1.165) is 16.3 Å². The third-order valence-corrected chi connectivity index (χ3v) is 2.54. The number of hydrogen-bond donors (Lipinski definition) is 0. The monoisotopic (exact) mass is 211 g/mol. The summed E-state index contributed by atoms with van der Waals surface area (Å²) in [5.74, 6) is 0. The van der Waals surface area contributed by atoms with E-state index in [9.17, 15) is 0 Å². The summed E-state index contributed by atoms with van der Waals surface area (Å²) in [6, 6.07) is 5.65. The molecule has 3 heteroatoms. The minimum Gasteiger partial charge on any atom is -0.244 e. The smallest absolute Gasteiger partial charge is 0.136 e. The van der Waals surface area contributed by atoms with Crippen LogP contribution in [0.4, 0.5) is 0 Å². The van der Waals surface area contributed by atoms with E-state index in [0.29, 0.717) is 10.2 Å². The molecule has 0 saturated heterocycles. The molecular weight excluding hydrogens is 205 g/mol. The van der Waals surface area contributed by atoms with Gasteiger partial charge in [-0.25, -0.2) is 4.98 Å². The number of hydrogen-bond acceptors (Lipinski definition) is 1. The lowest BCUT2D eigenvalue weighted by Crippen LogP contribution is -1.83. The molecule has 0 atom stereocenters. The van der Waals surface area contributed by atoms with Gasteiger partial charge in [0, 0.05) is 16.6 Å². The fourth-order valence-electron chi connectivity index (χ4n) is 1.32. The van der Waals surface area contributed by atoms with Gasteiger partial charge in [0.1, 0.15) is 5.15 Å². The van der Waals surface area contributed by atoms with Crippen LogP contribution in [0.5, 0.6) is 0 Å². The van der Waals surface area contributed by atoms with Crippen molar-refractivity contribution in [1.29, 1.82) is 0 Å². The molecule has 1 heterocycles. The number of rotatable bonds is 0. The molecule has 0 fully saturated rings. The Morgan fingerprint density at radius 2 is 1.92 bits per heavy atom. The fraction of sp³-hybridized carbons (Fsp3) is 0.100. The molecule has 0 aliphatic heterocycles. The van der Waals surface area contributed by atoms with Crippen LogP contribution < -0.4 is 0 Å². The second-order valence-corrected chi connectivity index (χ2v) is 3.72. The number of fused-ring (bicyclic) bond motifs is 1.